The molecule has 1 aromatic rings. The number of hydrogen-bond donors (Lipinski definition) is 2. The van der Waals surface area contributed by atoms with Crippen molar-refractivity contribution in [3.05, 3.63) is 24.3 Å². The Kier molecular flexibility index (Phi) is 2.59. The van der Waals surface area contributed by atoms with Crippen LogP contribution < -0.4 is 10.6 Å². The zero-order valence-corrected chi connectivity index (χ0v) is 9.80. The van der Waals surface area contributed by atoms with Gasteiger partial charge in [-0.15, -0.1) is 0 Å². The average molecular weight is 204 g/mol. The van der Waals surface area contributed by atoms with E-state index in [1.54, 1.807) is 0 Å². The lowest BCUT2D eigenvalue weighted by Crippen LogP contribution is -2.24. The van der Waals surface area contributed by atoms with Crippen molar-refractivity contribution in [1.82, 2.24) is 0 Å². The van der Waals surface area contributed by atoms with Crippen molar-refractivity contribution in [2.24, 2.45) is 5.41 Å². The summed E-state index contributed by atoms with van der Waals surface area (Å²) in [6.07, 6.45) is 2.80. The second kappa shape index (κ2) is 3.76. The van der Waals surface area contributed by atoms with E-state index < -0.39 is 0 Å². The van der Waals surface area contributed by atoms with Crippen LogP contribution in [0.25, 0.3) is 0 Å². The molecule has 1 aliphatic rings. The van der Waals surface area contributed by atoms with E-state index in [1.165, 1.54) is 17.8 Å². The molecule has 1 heterocycles. The van der Waals surface area contributed by atoms with Crippen LogP contribution in [0.15, 0.2) is 24.3 Å². The molecule has 0 atom stereocenters. The van der Waals surface area contributed by atoms with Gasteiger partial charge >= 0.3 is 0 Å². The number of anilines is 2. The minimum Gasteiger partial charge on any atom is -0.364 e. The van der Waals surface area contributed by atoms with Crippen molar-refractivity contribution in [2.75, 3.05) is 10.6 Å². The summed E-state index contributed by atoms with van der Waals surface area (Å²) in [5.74, 6) is 0. The van der Waals surface area contributed by atoms with Crippen LogP contribution >= 0.6 is 0 Å². The number of hydrogen-bond acceptors (Lipinski definition) is 2. The summed E-state index contributed by atoms with van der Waals surface area (Å²) in [7, 11) is 0. The molecule has 82 valence electrons. The summed E-state index contributed by atoms with van der Waals surface area (Å²) in [6.45, 7) is 6.86. The first kappa shape index (κ1) is 10.3. The van der Waals surface area contributed by atoms with Gasteiger partial charge in [-0.25, -0.2) is 0 Å². The summed E-state index contributed by atoms with van der Waals surface area (Å²) in [5.41, 5.74) is 2.88. The summed E-state index contributed by atoms with van der Waals surface area (Å²) < 4.78 is 0. The standard InChI is InChI=1S/C13H20N2/c1-13(2,3)9-8-12-14-10-6-4-5-7-11(10)15-12/h4-7,12,14-15H,8-9H2,1-3H3. The number of rotatable bonds is 2. The van der Waals surface area contributed by atoms with Crippen molar-refractivity contribution in [2.45, 2.75) is 39.8 Å². The van der Waals surface area contributed by atoms with E-state index in [4.69, 9.17) is 0 Å². The van der Waals surface area contributed by atoms with Gasteiger partial charge in [-0.2, -0.15) is 0 Å². The first-order valence-electron chi connectivity index (χ1n) is 5.67. The van der Waals surface area contributed by atoms with Crippen LogP contribution in [0.4, 0.5) is 11.4 Å². The average Bonchev–Trinajstić information content (AvgIpc) is 2.56. The van der Waals surface area contributed by atoms with Gasteiger partial charge in [0.15, 0.2) is 0 Å². The van der Waals surface area contributed by atoms with Crippen molar-refractivity contribution < 1.29 is 0 Å². The highest BCUT2D eigenvalue weighted by Gasteiger charge is 2.20. The fourth-order valence-corrected chi connectivity index (χ4v) is 1.87. The van der Waals surface area contributed by atoms with Gasteiger partial charge in [-0.1, -0.05) is 32.9 Å². The fraction of sp³-hybridized carbons (Fsp3) is 0.538. The minimum absolute atomic E-state index is 0.404. The molecule has 2 heteroatoms. The topological polar surface area (TPSA) is 24.1 Å². The zero-order valence-electron chi connectivity index (χ0n) is 9.80. The Morgan fingerprint density at radius 3 is 2.07 bits per heavy atom. The maximum absolute atomic E-state index is 3.50. The van der Waals surface area contributed by atoms with E-state index in [2.05, 4.69) is 55.7 Å². The van der Waals surface area contributed by atoms with Crippen molar-refractivity contribution in [1.29, 1.82) is 0 Å². The number of benzene rings is 1. The smallest absolute Gasteiger partial charge is 0.0965 e. The van der Waals surface area contributed by atoms with Crippen molar-refractivity contribution >= 4 is 11.4 Å². The Hall–Kier alpha value is -1.18. The Labute approximate surface area is 92.1 Å². The molecule has 1 aliphatic heterocycles. The molecule has 0 amide bonds. The molecule has 2 nitrogen and oxygen atoms in total. The normalized spacial score (nSPS) is 15.7. The lowest BCUT2D eigenvalue weighted by Gasteiger charge is -2.21. The Balaban J connectivity index is 1.91. The van der Waals surface area contributed by atoms with Crippen LogP contribution in [0, 0.1) is 5.41 Å². The van der Waals surface area contributed by atoms with E-state index in [0.29, 0.717) is 11.6 Å². The Bertz CT molecular complexity index is 314. The van der Waals surface area contributed by atoms with E-state index in [1.807, 2.05) is 0 Å². The third kappa shape index (κ3) is 2.65. The molecule has 2 N–H and O–H groups in total. The molecule has 1 aromatic carbocycles. The van der Waals surface area contributed by atoms with Gasteiger partial charge in [0, 0.05) is 0 Å². The van der Waals surface area contributed by atoms with E-state index in [9.17, 15) is 0 Å². The summed E-state index contributed by atoms with van der Waals surface area (Å²) >= 11 is 0. The third-order valence-corrected chi connectivity index (χ3v) is 2.77. The molecule has 0 bridgehead atoms. The Morgan fingerprint density at radius 1 is 1.07 bits per heavy atom. The highest BCUT2D eigenvalue weighted by Crippen LogP contribution is 2.31. The quantitative estimate of drug-likeness (QED) is 0.768. The van der Waals surface area contributed by atoms with Gasteiger partial charge in [-0.3, -0.25) is 0 Å². The maximum atomic E-state index is 3.50. The molecule has 0 fully saturated rings. The number of fused-ring (bicyclic) bond motifs is 1. The van der Waals surface area contributed by atoms with Gasteiger partial charge in [0.1, 0.15) is 0 Å². The number of nitrogens with one attached hydrogen (secondary N) is 2. The molecule has 0 aliphatic carbocycles. The van der Waals surface area contributed by atoms with Crippen molar-refractivity contribution in [3.8, 4) is 0 Å². The van der Waals surface area contributed by atoms with Gasteiger partial charge in [0.2, 0.25) is 0 Å². The van der Waals surface area contributed by atoms with Crippen LogP contribution in [0.3, 0.4) is 0 Å². The van der Waals surface area contributed by atoms with E-state index in [-0.39, 0.29) is 0 Å². The molecule has 15 heavy (non-hydrogen) atoms. The summed E-state index contributed by atoms with van der Waals surface area (Å²) in [5, 5.41) is 6.99. The lowest BCUT2D eigenvalue weighted by atomic mass is 9.90. The highest BCUT2D eigenvalue weighted by atomic mass is 15.2. The minimum atomic E-state index is 0.404. The summed E-state index contributed by atoms with van der Waals surface area (Å²) in [6, 6.07) is 8.39. The highest BCUT2D eigenvalue weighted by molar-refractivity contribution is 5.74. The predicted molar refractivity (Wildman–Crippen MR) is 66.2 cm³/mol. The van der Waals surface area contributed by atoms with Crippen LogP contribution in [0.2, 0.25) is 0 Å². The van der Waals surface area contributed by atoms with Crippen molar-refractivity contribution in [3.63, 3.8) is 0 Å². The Morgan fingerprint density at radius 2 is 1.60 bits per heavy atom. The molecule has 0 unspecified atom stereocenters. The molecule has 0 saturated heterocycles. The third-order valence-electron chi connectivity index (χ3n) is 2.77. The van der Waals surface area contributed by atoms with E-state index >= 15 is 0 Å². The molecule has 0 spiro atoms. The fourth-order valence-electron chi connectivity index (χ4n) is 1.87. The molecule has 0 radical (unpaired) electrons. The van der Waals surface area contributed by atoms with Gasteiger partial charge in [-0.05, 0) is 30.4 Å². The van der Waals surface area contributed by atoms with Gasteiger partial charge < -0.3 is 10.6 Å². The molecule has 0 aromatic heterocycles. The summed E-state index contributed by atoms with van der Waals surface area (Å²) in [4.78, 5) is 0. The van der Waals surface area contributed by atoms with Crippen LogP contribution in [-0.2, 0) is 0 Å². The first-order chi connectivity index (χ1) is 7.04. The van der Waals surface area contributed by atoms with E-state index in [0.717, 1.165) is 6.42 Å². The number of para-hydroxylation sites is 2. The second-order valence-electron chi connectivity index (χ2n) is 5.49. The molecule has 0 saturated carbocycles. The first-order valence-corrected chi connectivity index (χ1v) is 5.67. The molecular formula is C13H20N2. The monoisotopic (exact) mass is 204 g/mol. The zero-order chi connectivity index (χ0) is 10.9. The van der Waals surface area contributed by atoms with Gasteiger partial charge in [0.05, 0.1) is 17.5 Å². The van der Waals surface area contributed by atoms with Crippen LogP contribution in [-0.4, -0.2) is 6.17 Å². The largest absolute Gasteiger partial charge is 0.364 e. The van der Waals surface area contributed by atoms with Crippen LogP contribution in [0.5, 0.6) is 0 Å². The van der Waals surface area contributed by atoms with Gasteiger partial charge in [0.25, 0.3) is 0 Å². The molecular weight excluding hydrogens is 184 g/mol. The molecule has 2 rings (SSSR count). The SMILES string of the molecule is CC(C)(C)CCC1Nc2ccccc2N1. The lowest BCUT2D eigenvalue weighted by molar-refractivity contribution is 0.359. The maximum Gasteiger partial charge on any atom is 0.0965 e. The predicted octanol–water partition coefficient (Wildman–Crippen LogP) is 3.68. The van der Waals surface area contributed by atoms with Crippen LogP contribution in [0.1, 0.15) is 33.6 Å². The second-order valence-corrected chi connectivity index (χ2v) is 5.49.